The predicted molar refractivity (Wildman–Crippen MR) is 90.7 cm³/mol. The van der Waals surface area contributed by atoms with Gasteiger partial charge in [-0.15, -0.1) is 10.2 Å². The van der Waals surface area contributed by atoms with Crippen molar-refractivity contribution >= 4 is 17.7 Å². The Hall–Kier alpha value is -2.09. The van der Waals surface area contributed by atoms with E-state index in [0.717, 1.165) is 0 Å². The van der Waals surface area contributed by atoms with Crippen LogP contribution in [-0.2, 0) is 4.79 Å². The minimum atomic E-state index is -0.407. The molecule has 1 amide bonds. The lowest BCUT2D eigenvalue weighted by atomic mass is 10.3. The number of carbonyl (C=O) groups is 1. The molecule has 1 aromatic carbocycles. The van der Waals surface area contributed by atoms with Crippen LogP contribution in [0, 0.1) is 5.82 Å². The van der Waals surface area contributed by atoms with Gasteiger partial charge in [0.1, 0.15) is 12.9 Å². The molecule has 0 saturated heterocycles. The number of carbonyl (C=O) groups excluding carboxylic acids is 1. The number of aromatic nitrogens is 3. The third kappa shape index (κ3) is 4.95. The second kappa shape index (κ2) is 8.68. The average Bonchev–Trinajstić information content (AvgIpc) is 3.03. The summed E-state index contributed by atoms with van der Waals surface area (Å²) in [5.41, 5.74) is 0. The van der Waals surface area contributed by atoms with E-state index in [-0.39, 0.29) is 30.1 Å². The van der Waals surface area contributed by atoms with Gasteiger partial charge in [-0.05, 0) is 26.0 Å². The number of nitrogens with zero attached hydrogens (tertiary/aromatic N) is 4. The van der Waals surface area contributed by atoms with Crippen molar-refractivity contribution in [1.29, 1.82) is 0 Å². The molecule has 1 aromatic heterocycles. The van der Waals surface area contributed by atoms with Crippen molar-refractivity contribution in [3.8, 4) is 5.75 Å². The molecule has 6 nitrogen and oxygen atoms in total. The van der Waals surface area contributed by atoms with E-state index in [9.17, 15) is 9.18 Å². The molecule has 0 atom stereocenters. The second-order valence-corrected chi connectivity index (χ2v) is 6.44. The van der Waals surface area contributed by atoms with Crippen LogP contribution >= 0.6 is 11.8 Å². The SMILES string of the molecule is CC(C)n1cnnc1SCC(=O)N(C)CCOc1ccccc1F. The van der Waals surface area contributed by atoms with Crippen molar-refractivity contribution in [2.75, 3.05) is 26.0 Å². The van der Waals surface area contributed by atoms with Gasteiger partial charge in [-0.25, -0.2) is 4.39 Å². The van der Waals surface area contributed by atoms with Crippen LogP contribution in [0.5, 0.6) is 5.75 Å². The van der Waals surface area contributed by atoms with Crippen molar-refractivity contribution in [3.63, 3.8) is 0 Å². The molecule has 0 spiro atoms. The molecule has 1 heterocycles. The van der Waals surface area contributed by atoms with Gasteiger partial charge >= 0.3 is 0 Å². The molecular formula is C16H21FN4O2S. The number of hydrogen-bond acceptors (Lipinski definition) is 5. The predicted octanol–water partition coefficient (Wildman–Crippen LogP) is 2.63. The van der Waals surface area contributed by atoms with Gasteiger partial charge in [0.15, 0.2) is 16.7 Å². The second-order valence-electron chi connectivity index (χ2n) is 5.50. The Bertz CT molecular complexity index is 678. The zero-order valence-corrected chi connectivity index (χ0v) is 14.8. The van der Waals surface area contributed by atoms with Gasteiger partial charge in [-0.2, -0.15) is 0 Å². The lowest BCUT2D eigenvalue weighted by Crippen LogP contribution is -2.32. The number of likely N-dealkylation sites (N-methyl/N-ethyl adjacent to an activating group) is 1. The first-order valence-electron chi connectivity index (χ1n) is 7.62. The van der Waals surface area contributed by atoms with E-state index in [1.54, 1.807) is 36.5 Å². The smallest absolute Gasteiger partial charge is 0.232 e. The number of benzene rings is 1. The maximum Gasteiger partial charge on any atom is 0.232 e. The fraction of sp³-hybridized carbons (Fsp3) is 0.438. The van der Waals surface area contributed by atoms with E-state index >= 15 is 0 Å². The van der Waals surface area contributed by atoms with Crippen LogP contribution in [-0.4, -0.2) is 51.5 Å². The summed E-state index contributed by atoms with van der Waals surface area (Å²) in [4.78, 5) is 13.7. The number of para-hydroxylation sites is 1. The van der Waals surface area contributed by atoms with Crippen molar-refractivity contribution in [2.45, 2.75) is 25.0 Å². The highest BCUT2D eigenvalue weighted by Gasteiger charge is 2.14. The van der Waals surface area contributed by atoms with Crippen LogP contribution in [0.15, 0.2) is 35.7 Å². The van der Waals surface area contributed by atoms with Crippen LogP contribution in [0.25, 0.3) is 0 Å². The van der Waals surface area contributed by atoms with Gasteiger partial charge in [0, 0.05) is 13.1 Å². The maximum atomic E-state index is 13.4. The molecule has 0 N–H and O–H groups in total. The van der Waals surface area contributed by atoms with Gasteiger partial charge in [0.2, 0.25) is 5.91 Å². The average molecular weight is 352 g/mol. The molecule has 2 aromatic rings. The quantitative estimate of drug-likeness (QED) is 0.684. The molecule has 24 heavy (non-hydrogen) atoms. The van der Waals surface area contributed by atoms with Crippen molar-refractivity contribution in [2.24, 2.45) is 0 Å². The summed E-state index contributed by atoms with van der Waals surface area (Å²) in [6.07, 6.45) is 1.66. The van der Waals surface area contributed by atoms with E-state index in [2.05, 4.69) is 10.2 Å². The molecule has 0 unspecified atom stereocenters. The molecular weight excluding hydrogens is 331 g/mol. The Morgan fingerprint density at radius 2 is 2.17 bits per heavy atom. The normalized spacial score (nSPS) is 10.9. The Kier molecular flexibility index (Phi) is 6.60. The van der Waals surface area contributed by atoms with E-state index in [1.165, 1.54) is 17.8 Å². The third-order valence-electron chi connectivity index (χ3n) is 3.37. The van der Waals surface area contributed by atoms with E-state index in [4.69, 9.17) is 4.74 Å². The summed E-state index contributed by atoms with van der Waals surface area (Å²) in [7, 11) is 1.70. The molecule has 0 aliphatic heterocycles. The van der Waals surface area contributed by atoms with Crippen LogP contribution < -0.4 is 4.74 Å². The van der Waals surface area contributed by atoms with Crippen LogP contribution in [0.2, 0.25) is 0 Å². The molecule has 0 bridgehead atoms. The van der Waals surface area contributed by atoms with E-state index < -0.39 is 5.82 Å². The highest BCUT2D eigenvalue weighted by atomic mass is 32.2. The number of amides is 1. The summed E-state index contributed by atoms with van der Waals surface area (Å²) in [5, 5.41) is 8.61. The maximum absolute atomic E-state index is 13.4. The first-order valence-corrected chi connectivity index (χ1v) is 8.61. The fourth-order valence-corrected chi connectivity index (χ4v) is 2.89. The molecule has 0 aliphatic carbocycles. The topological polar surface area (TPSA) is 60.2 Å². The molecule has 2 rings (SSSR count). The highest BCUT2D eigenvalue weighted by Crippen LogP contribution is 2.19. The Balaban J connectivity index is 1.76. The minimum absolute atomic E-state index is 0.0459. The largest absolute Gasteiger partial charge is 0.489 e. The number of thioether (sulfide) groups is 1. The first kappa shape index (κ1) is 18.3. The monoisotopic (exact) mass is 352 g/mol. The van der Waals surface area contributed by atoms with E-state index in [1.807, 2.05) is 18.4 Å². The van der Waals surface area contributed by atoms with Crippen LogP contribution in [0.3, 0.4) is 0 Å². The summed E-state index contributed by atoms with van der Waals surface area (Å²) < 4.78 is 20.7. The van der Waals surface area contributed by atoms with Crippen LogP contribution in [0.1, 0.15) is 19.9 Å². The van der Waals surface area contributed by atoms with Gasteiger partial charge < -0.3 is 14.2 Å². The van der Waals surface area contributed by atoms with Crippen molar-refractivity contribution < 1.29 is 13.9 Å². The molecule has 0 fully saturated rings. The standard InChI is InChI=1S/C16H21FN4O2S/c1-12(2)21-11-18-19-16(21)24-10-15(22)20(3)8-9-23-14-7-5-4-6-13(14)17/h4-7,11-12H,8-10H2,1-3H3. The van der Waals surface area contributed by atoms with Gasteiger partial charge in [-0.3, -0.25) is 4.79 Å². The van der Waals surface area contributed by atoms with E-state index in [0.29, 0.717) is 11.7 Å². The molecule has 0 aliphatic rings. The van der Waals surface area contributed by atoms with Gasteiger partial charge in [0.25, 0.3) is 0 Å². The summed E-state index contributed by atoms with van der Waals surface area (Å²) in [6.45, 7) is 4.67. The lowest BCUT2D eigenvalue weighted by molar-refractivity contribution is -0.127. The molecule has 0 radical (unpaired) electrons. The van der Waals surface area contributed by atoms with Crippen molar-refractivity contribution in [1.82, 2.24) is 19.7 Å². The van der Waals surface area contributed by atoms with Gasteiger partial charge in [-0.1, -0.05) is 23.9 Å². The summed E-state index contributed by atoms with van der Waals surface area (Å²) >= 11 is 1.35. The van der Waals surface area contributed by atoms with Crippen LogP contribution in [0.4, 0.5) is 4.39 Å². The molecule has 0 saturated carbocycles. The Morgan fingerprint density at radius 1 is 1.42 bits per heavy atom. The Morgan fingerprint density at radius 3 is 2.88 bits per heavy atom. The third-order valence-corrected chi connectivity index (χ3v) is 4.31. The zero-order valence-electron chi connectivity index (χ0n) is 14.0. The number of rotatable bonds is 8. The number of ether oxygens (including phenoxy) is 1. The highest BCUT2D eigenvalue weighted by molar-refractivity contribution is 7.99. The number of hydrogen-bond donors (Lipinski definition) is 0. The number of halogens is 1. The fourth-order valence-electron chi connectivity index (χ4n) is 1.90. The summed E-state index contributed by atoms with van der Waals surface area (Å²) in [6, 6.07) is 6.45. The van der Waals surface area contributed by atoms with Gasteiger partial charge in [0.05, 0.1) is 12.3 Å². The Labute approximate surface area is 145 Å². The molecule has 8 heteroatoms. The summed E-state index contributed by atoms with van der Waals surface area (Å²) in [5.74, 6) is 0.00461. The first-order chi connectivity index (χ1) is 11.5. The van der Waals surface area contributed by atoms with Crippen molar-refractivity contribution in [3.05, 3.63) is 36.4 Å². The molecule has 130 valence electrons. The lowest BCUT2D eigenvalue weighted by Gasteiger charge is -2.17. The zero-order chi connectivity index (χ0) is 17.5. The minimum Gasteiger partial charge on any atom is -0.489 e.